The lowest BCUT2D eigenvalue weighted by Gasteiger charge is -2.03. The first-order valence-corrected chi connectivity index (χ1v) is 8.56. The zero-order chi connectivity index (χ0) is 15.6. The third-order valence-corrected chi connectivity index (χ3v) is 5.34. The number of carbonyl (C=O) groups excluding carboxylic acids is 1. The van der Waals surface area contributed by atoms with Crippen LogP contribution in [0.4, 0.5) is 5.00 Å². The van der Waals surface area contributed by atoms with Gasteiger partial charge in [0, 0.05) is 19.4 Å². The quantitative estimate of drug-likeness (QED) is 0.855. The molecule has 0 amide bonds. The zero-order valence-electron chi connectivity index (χ0n) is 11.9. The monoisotopic (exact) mass is 328 g/mol. The molecular weight excluding hydrogens is 312 g/mol. The molecule has 0 bridgehead atoms. The number of rotatable bonds is 5. The fourth-order valence-electron chi connectivity index (χ4n) is 1.76. The second-order valence-corrected chi connectivity index (χ2v) is 7.20. The molecule has 114 valence electrons. The van der Waals surface area contributed by atoms with E-state index in [-0.39, 0.29) is 11.5 Å². The van der Waals surface area contributed by atoms with Crippen LogP contribution in [-0.2, 0) is 21.8 Å². The minimum absolute atomic E-state index is 0.175. The highest BCUT2D eigenvalue weighted by molar-refractivity contribution is 7.93. The van der Waals surface area contributed by atoms with Crippen molar-refractivity contribution < 1.29 is 17.9 Å². The largest absolute Gasteiger partial charge is 0.462 e. The van der Waals surface area contributed by atoms with E-state index >= 15 is 0 Å². The maximum Gasteiger partial charge on any atom is 0.348 e. The van der Waals surface area contributed by atoms with Gasteiger partial charge in [-0.2, -0.15) is 0 Å². The Hall–Kier alpha value is -1.80. The standard InChI is InChI=1S/C13H16N2O4S2/c1-4-19-13(16)12-9(2)7-11(20-12)14-21(17,18)10-5-6-15(3)8-10/h5-8,14H,4H2,1-3H3. The lowest BCUT2D eigenvalue weighted by molar-refractivity contribution is 0.0531. The summed E-state index contributed by atoms with van der Waals surface area (Å²) in [5, 5.41) is 0.388. The predicted molar refractivity (Wildman–Crippen MR) is 81.2 cm³/mol. The number of esters is 1. The minimum Gasteiger partial charge on any atom is -0.462 e. The number of ether oxygens (including phenoxy) is 1. The molecule has 6 nitrogen and oxygen atoms in total. The van der Waals surface area contributed by atoms with Gasteiger partial charge in [-0.3, -0.25) is 4.72 Å². The van der Waals surface area contributed by atoms with Crippen molar-refractivity contribution >= 4 is 32.3 Å². The number of anilines is 1. The number of hydrogen-bond acceptors (Lipinski definition) is 5. The van der Waals surface area contributed by atoms with E-state index in [1.807, 2.05) is 0 Å². The third-order valence-electron chi connectivity index (χ3n) is 2.73. The second-order valence-electron chi connectivity index (χ2n) is 4.46. The molecule has 0 aliphatic heterocycles. The van der Waals surface area contributed by atoms with Gasteiger partial charge in [-0.15, -0.1) is 11.3 Å². The van der Waals surface area contributed by atoms with Crippen LogP contribution in [0.2, 0.25) is 0 Å². The van der Waals surface area contributed by atoms with Crippen LogP contribution in [0.25, 0.3) is 0 Å². The topological polar surface area (TPSA) is 77.4 Å². The van der Waals surface area contributed by atoms with Crippen LogP contribution >= 0.6 is 11.3 Å². The Morgan fingerprint density at radius 1 is 1.48 bits per heavy atom. The number of hydrogen-bond donors (Lipinski definition) is 1. The van der Waals surface area contributed by atoms with E-state index in [4.69, 9.17) is 4.74 Å². The Morgan fingerprint density at radius 2 is 2.19 bits per heavy atom. The molecule has 0 atom stereocenters. The lowest BCUT2D eigenvalue weighted by Crippen LogP contribution is -2.11. The van der Waals surface area contributed by atoms with Crippen molar-refractivity contribution in [3.63, 3.8) is 0 Å². The number of aromatic nitrogens is 1. The minimum atomic E-state index is -3.65. The van der Waals surface area contributed by atoms with Gasteiger partial charge in [-0.25, -0.2) is 13.2 Å². The van der Waals surface area contributed by atoms with E-state index < -0.39 is 16.0 Å². The van der Waals surface area contributed by atoms with Crippen LogP contribution in [-0.4, -0.2) is 25.6 Å². The maximum absolute atomic E-state index is 12.2. The number of aryl methyl sites for hydroxylation is 2. The summed E-state index contributed by atoms with van der Waals surface area (Å²) in [6.07, 6.45) is 3.16. The predicted octanol–water partition coefficient (Wildman–Crippen LogP) is 2.37. The van der Waals surface area contributed by atoms with Gasteiger partial charge < -0.3 is 9.30 Å². The van der Waals surface area contributed by atoms with Crippen LogP contribution < -0.4 is 4.72 Å². The van der Waals surface area contributed by atoms with Crippen LogP contribution in [0.1, 0.15) is 22.2 Å². The fraction of sp³-hybridized carbons (Fsp3) is 0.308. The lowest BCUT2D eigenvalue weighted by atomic mass is 10.3. The zero-order valence-corrected chi connectivity index (χ0v) is 13.5. The first-order valence-electron chi connectivity index (χ1n) is 6.26. The van der Waals surface area contributed by atoms with Gasteiger partial charge in [-0.1, -0.05) is 0 Å². The van der Waals surface area contributed by atoms with Crippen molar-refractivity contribution in [2.75, 3.05) is 11.3 Å². The van der Waals surface area contributed by atoms with E-state index in [0.717, 1.165) is 11.3 Å². The van der Waals surface area contributed by atoms with Crippen molar-refractivity contribution in [1.29, 1.82) is 0 Å². The smallest absolute Gasteiger partial charge is 0.348 e. The van der Waals surface area contributed by atoms with Crippen molar-refractivity contribution in [1.82, 2.24) is 4.57 Å². The van der Waals surface area contributed by atoms with Gasteiger partial charge in [-0.05, 0) is 31.5 Å². The number of nitrogens with zero attached hydrogens (tertiary/aromatic N) is 1. The van der Waals surface area contributed by atoms with E-state index in [1.165, 1.54) is 12.3 Å². The molecular formula is C13H16N2O4S2. The summed E-state index contributed by atoms with van der Waals surface area (Å²) in [5.41, 5.74) is 0.684. The van der Waals surface area contributed by atoms with Crippen LogP contribution in [0, 0.1) is 6.92 Å². The van der Waals surface area contributed by atoms with Gasteiger partial charge in [0.2, 0.25) is 0 Å². The normalized spacial score (nSPS) is 11.4. The Kier molecular flexibility index (Phi) is 4.38. The first kappa shape index (κ1) is 15.6. The molecule has 2 aromatic rings. The SMILES string of the molecule is CCOC(=O)c1sc(NS(=O)(=O)c2ccn(C)c2)cc1C. The highest BCUT2D eigenvalue weighted by Crippen LogP contribution is 2.29. The molecule has 0 aliphatic rings. The highest BCUT2D eigenvalue weighted by Gasteiger charge is 2.20. The van der Waals surface area contributed by atoms with Crippen molar-refractivity contribution in [2.45, 2.75) is 18.7 Å². The van der Waals surface area contributed by atoms with E-state index in [9.17, 15) is 13.2 Å². The summed E-state index contributed by atoms with van der Waals surface area (Å²) >= 11 is 1.06. The Morgan fingerprint density at radius 3 is 2.76 bits per heavy atom. The van der Waals surface area contributed by atoms with E-state index in [1.54, 1.807) is 37.7 Å². The molecule has 0 aromatic carbocycles. The van der Waals surface area contributed by atoms with Crippen LogP contribution in [0.3, 0.4) is 0 Å². The summed E-state index contributed by atoms with van der Waals surface area (Å²) in [6.45, 7) is 3.74. The molecule has 2 heterocycles. The van der Waals surface area contributed by atoms with Gasteiger partial charge in [0.15, 0.2) is 0 Å². The van der Waals surface area contributed by atoms with Crippen molar-refractivity contribution in [2.24, 2.45) is 7.05 Å². The number of sulfonamides is 1. The maximum atomic E-state index is 12.2. The van der Waals surface area contributed by atoms with Gasteiger partial charge >= 0.3 is 5.97 Å². The Bertz CT molecular complexity index is 759. The fourth-order valence-corrected chi connectivity index (χ4v) is 4.06. The molecule has 0 fully saturated rings. The molecule has 8 heteroatoms. The molecule has 0 aliphatic carbocycles. The number of thiophene rings is 1. The van der Waals surface area contributed by atoms with E-state index in [0.29, 0.717) is 15.4 Å². The molecule has 0 saturated carbocycles. The third kappa shape index (κ3) is 3.45. The van der Waals surface area contributed by atoms with Gasteiger partial charge in [0.1, 0.15) is 14.8 Å². The molecule has 0 radical (unpaired) electrons. The molecule has 2 rings (SSSR count). The summed E-state index contributed by atoms with van der Waals surface area (Å²) in [5.74, 6) is -0.440. The molecule has 0 saturated heterocycles. The average Bonchev–Trinajstić information content (AvgIpc) is 2.96. The summed E-state index contributed by atoms with van der Waals surface area (Å²) < 4.78 is 33.5. The molecule has 0 unspecified atom stereocenters. The van der Waals surface area contributed by atoms with E-state index in [2.05, 4.69) is 4.72 Å². The number of nitrogens with one attached hydrogen (secondary N) is 1. The summed E-state index contributed by atoms with van der Waals surface area (Å²) in [6, 6.07) is 3.13. The first-order chi connectivity index (χ1) is 9.83. The van der Waals surface area contributed by atoms with Crippen molar-refractivity contribution in [3.8, 4) is 0 Å². The van der Waals surface area contributed by atoms with Gasteiger partial charge in [0.05, 0.1) is 6.61 Å². The number of carbonyl (C=O) groups is 1. The molecule has 0 spiro atoms. The molecule has 2 aromatic heterocycles. The molecule has 1 N–H and O–H groups in total. The average molecular weight is 328 g/mol. The van der Waals surface area contributed by atoms with Crippen LogP contribution in [0.5, 0.6) is 0 Å². The van der Waals surface area contributed by atoms with Crippen LogP contribution in [0.15, 0.2) is 29.4 Å². The summed E-state index contributed by atoms with van der Waals surface area (Å²) in [7, 11) is -1.90. The summed E-state index contributed by atoms with van der Waals surface area (Å²) in [4.78, 5) is 12.3. The Balaban J connectivity index is 2.24. The second kappa shape index (κ2) is 5.90. The van der Waals surface area contributed by atoms with Gasteiger partial charge in [0.25, 0.3) is 10.0 Å². The molecule has 21 heavy (non-hydrogen) atoms. The van der Waals surface area contributed by atoms with Crippen molar-refractivity contribution in [3.05, 3.63) is 35.0 Å². The highest BCUT2D eigenvalue weighted by atomic mass is 32.2. The Labute approximate surface area is 127 Å².